The molecule has 0 aromatic rings. The molecule has 146 valence electrons. The van der Waals surface area contributed by atoms with Crippen LogP contribution in [0.4, 0.5) is 4.79 Å². The third-order valence-electron chi connectivity index (χ3n) is 3.61. The fourth-order valence-electron chi connectivity index (χ4n) is 1.92. The van der Waals surface area contributed by atoms with Gasteiger partial charge in [-0.1, -0.05) is 13.2 Å². The number of hydrogen-bond acceptors (Lipinski definition) is 7. The zero-order chi connectivity index (χ0) is 19.7. The average molecular weight is 369 g/mol. The van der Waals surface area contributed by atoms with E-state index in [1.165, 1.54) is 18.7 Å². The number of morpholine rings is 1. The summed E-state index contributed by atoms with van der Waals surface area (Å²) in [7, 11) is 0. The van der Waals surface area contributed by atoms with Gasteiger partial charge in [0.05, 0.1) is 18.6 Å². The fraction of sp³-hybridized carbons (Fsp3) is 0.611. The molecule has 0 saturated carbocycles. The Balaban J connectivity index is 2.66. The Hall–Kier alpha value is -2.35. The molecule has 8 heteroatoms. The first-order valence-electron chi connectivity index (χ1n) is 8.29. The molecular formula is C18H27NO7. The Labute approximate surface area is 153 Å². The van der Waals surface area contributed by atoms with Crippen LogP contribution in [0, 0.1) is 5.41 Å². The highest BCUT2D eigenvalue weighted by molar-refractivity contribution is 5.87. The molecule has 1 aliphatic rings. The molecule has 1 amide bonds. The second-order valence-corrected chi connectivity index (χ2v) is 6.68. The first-order valence-corrected chi connectivity index (χ1v) is 8.29. The monoisotopic (exact) mass is 369 g/mol. The van der Waals surface area contributed by atoms with E-state index in [4.69, 9.17) is 18.9 Å². The lowest BCUT2D eigenvalue weighted by Crippen LogP contribution is -2.43. The smallest absolute Gasteiger partial charge is 0.409 e. The Kier molecular flexibility index (Phi) is 8.31. The van der Waals surface area contributed by atoms with Gasteiger partial charge in [-0.3, -0.25) is 0 Å². The molecule has 0 aromatic carbocycles. The molecule has 0 N–H and O–H groups in total. The first kappa shape index (κ1) is 21.7. The molecule has 26 heavy (non-hydrogen) atoms. The summed E-state index contributed by atoms with van der Waals surface area (Å²) in [6, 6.07) is 0. The molecule has 8 nitrogen and oxygen atoms in total. The van der Waals surface area contributed by atoms with Gasteiger partial charge in [0.25, 0.3) is 0 Å². The lowest BCUT2D eigenvalue weighted by Gasteiger charge is -2.31. The normalized spacial score (nSPS) is 14.3. The SMILES string of the molecule is C=C(C)C(=O)OCC(C)(COC(=O)C(=C)C)COC(=O)N1CCOCC1. The largest absolute Gasteiger partial charge is 0.461 e. The second kappa shape index (κ2) is 9.96. The Morgan fingerprint density at radius 2 is 1.35 bits per heavy atom. The second-order valence-electron chi connectivity index (χ2n) is 6.68. The van der Waals surface area contributed by atoms with Crippen molar-refractivity contribution in [2.45, 2.75) is 20.8 Å². The van der Waals surface area contributed by atoms with Crippen molar-refractivity contribution < 1.29 is 33.3 Å². The van der Waals surface area contributed by atoms with Gasteiger partial charge in [-0.05, 0) is 20.8 Å². The minimum Gasteiger partial charge on any atom is -0.461 e. The van der Waals surface area contributed by atoms with Crippen molar-refractivity contribution >= 4 is 18.0 Å². The quantitative estimate of drug-likeness (QED) is 0.365. The molecule has 0 bridgehead atoms. The minimum atomic E-state index is -0.905. The van der Waals surface area contributed by atoms with Crippen molar-refractivity contribution in [2.24, 2.45) is 5.41 Å². The number of amides is 1. The van der Waals surface area contributed by atoms with Crippen LogP contribution in [-0.4, -0.2) is 69.1 Å². The molecule has 0 aliphatic carbocycles. The third kappa shape index (κ3) is 7.26. The molecule has 0 radical (unpaired) electrons. The van der Waals surface area contributed by atoms with Crippen LogP contribution >= 0.6 is 0 Å². The van der Waals surface area contributed by atoms with E-state index in [0.29, 0.717) is 26.3 Å². The van der Waals surface area contributed by atoms with E-state index in [1.54, 1.807) is 6.92 Å². The Bertz CT molecular complexity index is 534. The molecular weight excluding hydrogens is 342 g/mol. The average Bonchev–Trinajstić information content (AvgIpc) is 2.62. The van der Waals surface area contributed by atoms with E-state index in [0.717, 1.165) is 0 Å². The van der Waals surface area contributed by atoms with Crippen molar-refractivity contribution in [1.29, 1.82) is 0 Å². The number of carbonyl (C=O) groups excluding carboxylic acids is 3. The summed E-state index contributed by atoms with van der Waals surface area (Å²) in [6.45, 7) is 13.3. The molecule has 1 heterocycles. The highest BCUT2D eigenvalue weighted by Gasteiger charge is 2.32. The number of ether oxygens (including phenoxy) is 4. The van der Waals surface area contributed by atoms with Crippen molar-refractivity contribution in [1.82, 2.24) is 4.90 Å². The summed E-state index contributed by atoms with van der Waals surface area (Å²) in [6.07, 6.45) is -0.489. The summed E-state index contributed by atoms with van der Waals surface area (Å²) in [5.74, 6) is -1.14. The van der Waals surface area contributed by atoms with Gasteiger partial charge in [0.2, 0.25) is 0 Å². The predicted molar refractivity (Wildman–Crippen MR) is 93.4 cm³/mol. The van der Waals surface area contributed by atoms with Gasteiger partial charge in [-0.15, -0.1) is 0 Å². The van der Waals surface area contributed by atoms with E-state index in [-0.39, 0.29) is 31.0 Å². The van der Waals surface area contributed by atoms with Gasteiger partial charge < -0.3 is 23.8 Å². The van der Waals surface area contributed by atoms with Crippen LogP contribution in [-0.2, 0) is 28.5 Å². The number of rotatable bonds is 8. The summed E-state index contributed by atoms with van der Waals surface area (Å²) >= 11 is 0. The predicted octanol–water partition coefficient (Wildman–Crippen LogP) is 1.70. The van der Waals surface area contributed by atoms with Crippen LogP contribution < -0.4 is 0 Å². The van der Waals surface area contributed by atoms with Gasteiger partial charge in [-0.2, -0.15) is 0 Å². The minimum absolute atomic E-state index is 0.0872. The number of esters is 2. The fourth-order valence-corrected chi connectivity index (χ4v) is 1.92. The number of nitrogens with zero attached hydrogens (tertiary/aromatic N) is 1. The van der Waals surface area contributed by atoms with Crippen molar-refractivity contribution in [2.75, 3.05) is 46.1 Å². The molecule has 1 rings (SSSR count). The summed E-state index contributed by atoms with van der Waals surface area (Å²) in [4.78, 5) is 37.0. The van der Waals surface area contributed by atoms with Gasteiger partial charge in [0.1, 0.15) is 19.8 Å². The van der Waals surface area contributed by atoms with Crippen LogP contribution in [0.1, 0.15) is 20.8 Å². The third-order valence-corrected chi connectivity index (χ3v) is 3.61. The van der Waals surface area contributed by atoms with Crippen molar-refractivity contribution in [3.8, 4) is 0 Å². The van der Waals surface area contributed by atoms with E-state index in [1.807, 2.05) is 0 Å². The maximum Gasteiger partial charge on any atom is 0.409 e. The topological polar surface area (TPSA) is 91.4 Å². The first-order chi connectivity index (χ1) is 12.1. The van der Waals surface area contributed by atoms with E-state index in [2.05, 4.69) is 13.2 Å². The summed E-state index contributed by atoms with van der Waals surface area (Å²) in [5.41, 5.74) is -0.411. The van der Waals surface area contributed by atoms with Gasteiger partial charge >= 0.3 is 18.0 Å². The molecule has 1 aliphatic heterocycles. The van der Waals surface area contributed by atoms with Crippen LogP contribution in [0.3, 0.4) is 0 Å². The van der Waals surface area contributed by atoms with E-state index in [9.17, 15) is 14.4 Å². The Morgan fingerprint density at radius 3 is 1.77 bits per heavy atom. The Morgan fingerprint density at radius 1 is 0.923 bits per heavy atom. The van der Waals surface area contributed by atoms with Crippen LogP contribution in [0.2, 0.25) is 0 Å². The number of hydrogen-bond donors (Lipinski definition) is 0. The summed E-state index contributed by atoms with van der Waals surface area (Å²) in [5, 5.41) is 0. The van der Waals surface area contributed by atoms with Crippen LogP contribution in [0.5, 0.6) is 0 Å². The lowest BCUT2D eigenvalue weighted by atomic mass is 9.94. The standard InChI is InChI=1S/C18H27NO7/c1-13(2)15(20)24-10-18(5,11-25-16(21)14(3)4)12-26-17(22)19-6-8-23-9-7-19/h1,3,6-12H2,2,4-5H3. The zero-order valence-corrected chi connectivity index (χ0v) is 15.7. The van der Waals surface area contributed by atoms with Crippen molar-refractivity contribution in [3.63, 3.8) is 0 Å². The summed E-state index contributed by atoms with van der Waals surface area (Å²) < 4.78 is 20.8. The molecule has 0 aromatic heterocycles. The molecule has 0 spiro atoms. The van der Waals surface area contributed by atoms with Gasteiger partial charge in [-0.25, -0.2) is 14.4 Å². The number of carbonyl (C=O) groups is 3. The molecule has 0 unspecified atom stereocenters. The molecule has 0 atom stereocenters. The van der Waals surface area contributed by atoms with Crippen LogP contribution in [0.15, 0.2) is 24.3 Å². The molecule has 1 fully saturated rings. The highest BCUT2D eigenvalue weighted by Crippen LogP contribution is 2.20. The van der Waals surface area contributed by atoms with Crippen LogP contribution in [0.25, 0.3) is 0 Å². The molecule has 1 saturated heterocycles. The van der Waals surface area contributed by atoms with Crippen molar-refractivity contribution in [3.05, 3.63) is 24.3 Å². The zero-order valence-electron chi connectivity index (χ0n) is 15.7. The highest BCUT2D eigenvalue weighted by atomic mass is 16.6. The van der Waals surface area contributed by atoms with Gasteiger partial charge in [0, 0.05) is 24.2 Å². The maximum absolute atomic E-state index is 12.1. The maximum atomic E-state index is 12.1. The lowest BCUT2D eigenvalue weighted by molar-refractivity contribution is -0.150. The van der Waals surface area contributed by atoms with E-state index >= 15 is 0 Å². The van der Waals surface area contributed by atoms with E-state index < -0.39 is 23.4 Å². The van der Waals surface area contributed by atoms with Gasteiger partial charge in [0.15, 0.2) is 0 Å².